The van der Waals surface area contributed by atoms with E-state index in [0.717, 1.165) is 30.3 Å². The molecule has 1 unspecified atom stereocenters. The fraction of sp³-hybridized carbons (Fsp3) is 1.00. The van der Waals surface area contributed by atoms with E-state index in [2.05, 4.69) is 20.8 Å². The average molecular weight is 222 g/mol. The van der Waals surface area contributed by atoms with Crippen molar-refractivity contribution in [2.75, 3.05) is 6.61 Å². The van der Waals surface area contributed by atoms with Crippen LogP contribution >= 0.6 is 0 Å². The van der Waals surface area contributed by atoms with Crippen molar-refractivity contribution in [2.24, 2.45) is 29.1 Å². The monoisotopic (exact) mass is 222 g/mol. The van der Waals surface area contributed by atoms with Crippen LogP contribution in [0.3, 0.4) is 0 Å². The summed E-state index contributed by atoms with van der Waals surface area (Å²) < 4.78 is 6.16. The molecule has 1 aliphatic heterocycles. The molecule has 1 saturated heterocycles. The molecular formula is C15H26O. The summed E-state index contributed by atoms with van der Waals surface area (Å²) in [5.41, 5.74) is 0.605. The van der Waals surface area contributed by atoms with Gasteiger partial charge in [0.05, 0.1) is 12.7 Å². The Kier molecular flexibility index (Phi) is 2.58. The van der Waals surface area contributed by atoms with E-state index in [1.807, 2.05) is 0 Å². The van der Waals surface area contributed by atoms with Crippen molar-refractivity contribution < 1.29 is 4.74 Å². The Balaban J connectivity index is 1.87. The van der Waals surface area contributed by atoms with E-state index in [-0.39, 0.29) is 0 Å². The van der Waals surface area contributed by atoms with Crippen molar-refractivity contribution in [1.29, 1.82) is 0 Å². The van der Waals surface area contributed by atoms with E-state index in [4.69, 9.17) is 4.74 Å². The Hall–Kier alpha value is -0.0400. The van der Waals surface area contributed by atoms with E-state index < -0.39 is 0 Å². The predicted octanol–water partition coefficient (Wildman–Crippen LogP) is 3.87. The molecule has 5 atom stereocenters. The van der Waals surface area contributed by atoms with Gasteiger partial charge in [0.15, 0.2) is 0 Å². The molecule has 1 heterocycles. The van der Waals surface area contributed by atoms with Gasteiger partial charge in [-0.15, -0.1) is 0 Å². The maximum absolute atomic E-state index is 6.16. The van der Waals surface area contributed by atoms with Crippen LogP contribution in [-0.2, 0) is 4.74 Å². The van der Waals surface area contributed by atoms with Crippen molar-refractivity contribution >= 4 is 0 Å². The highest BCUT2D eigenvalue weighted by Crippen LogP contribution is 2.59. The van der Waals surface area contributed by atoms with Gasteiger partial charge in [-0.25, -0.2) is 0 Å². The standard InChI is InChI=1S/C15H26O/c1-10(2)12-7-13-11(3)5-4-6-15(13)8-14(12)16-9-15/h10-14H,4-9H2,1-3H3/t11-,12-,13+,14?,15+/m1/s1. The van der Waals surface area contributed by atoms with Gasteiger partial charge in [-0.1, -0.05) is 33.6 Å². The number of ether oxygens (including phenoxy) is 1. The molecule has 2 aliphatic carbocycles. The summed E-state index contributed by atoms with van der Waals surface area (Å²) in [4.78, 5) is 0. The SMILES string of the molecule is CC(C)[C@H]1C[C@H]2[C@H](C)CCC[C@]23COC1C3. The second-order valence-corrected chi connectivity index (χ2v) is 7.04. The van der Waals surface area contributed by atoms with Gasteiger partial charge in [0, 0.05) is 0 Å². The normalized spacial score (nSPS) is 51.8. The lowest BCUT2D eigenvalue weighted by molar-refractivity contribution is 0.00304. The maximum atomic E-state index is 6.16. The first-order valence-corrected chi connectivity index (χ1v) is 7.24. The molecule has 92 valence electrons. The van der Waals surface area contributed by atoms with Crippen LogP contribution in [-0.4, -0.2) is 12.7 Å². The number of hydrogen-bond acceptors (Lipinski definition) is 1. The number of hydrogen-bond donors (Lipinski definition) is 0. The number of fused-ring (bicyclic) bond motifs is 1. The minimum atomic E-state index is 0.599. The minimum Gasteiger partial charge on any atom is -0.377 e. The fourth-order valence-corrected chi connectivity index (χ4v) is 4.89. The summed E-state index contributed by atoms with van der Waals surface area (Å²) in [6, 6.07) is 0. The second kappa shape index (κ2) is 3.73. The van der Waals surface area contributed by atoms with Crippen molar-refractivity contribution in [3.63, 3.8) is 0 Å². The summed E-state index contributed by atoms with van der Waals surface area (Å²) in [5.74, 6) is 3.54. The Labute approximate surface area is 99.9 Å². The predicted molar refractivity (Wildman–Crippen MR) is 66.2 cm³/mol. The fourth-order valence-electron chi connectivity index (χ4n) is 4.89. The van der Waals surface area contributed by atoms with Gasteiger partial charge in [-0.3, -0.25) is 0 Å². The average Bonchev–Trinajstić information content (AvgIpc) is 2.56. The second-order valence-electron chi connectivity index (χ2n) is 7.04. The van der Waals surface area contributed by atoms with Crippen LogP contribution < -0.4 is 0 Å². The van der Waals surface area contributed by atoms with Gasteiger partial charge in [0.2, 0.25) is 0 Å². The molecule has 0 N–H and O–H groups in total. The highest BCUT2D eigenvalue weighted by Gasteiger charge is 2.55. The molecule has 3 fully saturated rings. The Morgan fingerprint density at radius 1 is 1.31 bits per heavy atom. The zero-order valence-electron chi connectivity index (χ0n) is 11.0. The molecule has 3 rings (SSSR count). The van der Waals surface area contributed by atoms with Crippen LogP contribution in [0.5, 0.6) is 0 Å². The Morgan fingerprint density at radius 3 is 2.88 bits per heavy atom. The molecular weight excluding hydrogens is 196 g/mol. The first kappa shape index (κ1) is 11.1. The summed E-state index contributed by atoms with van der Waals surface area (Å²) >= 11 is 0. The summed E-state index contributed by atoms with van der Waals surface area (Å²) in [6.45, 7) is 8.33. The molecule has 1 nitrogen and oxygen atoms in total. The molecule has 1 spiro atoms. The molecule has 0 aromatic heterocycles. The first-order valence-electron chi connectivity index (χ1n) is 7.24. The third kappa shape index (κ3) is 1.47. The van der Waals surface area contributed by atoms with Gasteiger partial charge in [0.25, 0.3) is 0 Å². The smallest absolute Gasteiger partial charge is 0.0612 e. The number of rotatable bonds is 1. The summed E-state index contributed by atoms with van der Waals surface area (Å²) in [5, 5.41) is 0. The van der Waals surface area contributed by atoms with Crippen LogP contribution in [0, 0.1) is 29.1 Å². The zero-order valence-corrected chi connectivity index (χ0v) is 11.0. The van der Waals surface area contributed by atoms with E-state index in [9.17, 15) is 0 Å². The molecule has 0 aromatic rings. The summed E-state index contributed by atoms with van der Waals surface area (Å²) in [7, 11) is 0. The largest absolute Gasteiger partial charge is 0.377 e. The molecule has 16 heavy (non-hydrogen) atoms. The van der Waals surface area contributed by atoms with Crippen molar-refractivity contribution in [3.8, 4) is 0 Å². The van der Waals surface area contributed by atoms with E-state index in [0.29, 0.717) is 11.5 Å². The molecule has 3 aliphatic rings. The van der Waals surface area contributed by atoms with E-state index in [1.165, 1.54) is 32.1 Å². The topological polar surface area (TPSA) is 9.23 Å². The van der Waals surface area contributed by atoms with Crippen LogP contribution in [0.2, 0.25) is 0 Å². The zero-order chi connectivity index (χ0) is 11.3. The highest BCUT2D eigenvalue weighted by molar-refractivity contribution is 5.04. The first-order chi connectivity index (χ1) is 7.62. The van der Waals surface area contributed by atoms with Gasteiger partial charge in [-0.2, -0.15) is 0 Å². The minimum absolute atomic E-state index is 0.599. The lowest BCUT2D eigenvalue weighted by Crippen LogP contribution is -2.45. The van der Waals surface area contributed by atoms with Crippen molar-refractivity contribution in [2.45, 2.75) is 59.0 Å². The van der Waals surface area contributed by atoms with Crippen molar-refractivity contribution in [3.05, 3.63) is 0 Å². The lowest BCUT2D eigenvalue weighted by Gasteiger charge is -2.49. The lowest BCUT2D eigenvalue weighted by atomic mass is 9.54. The Bertz CT molecular complexity index is 273. The molecule has 1 heteroatoms. The molecule has 0 aromatic carbocycles. The van der Waals surface area contributed by atoms with Gasteiger partial charge < -0.3 is 4.74 Å². The van der Waals surface area contributed by atoms with Gasteiger partial charge >= 0.3 is 0 Å². The highest BCUT2D eigenvalue weighted by atomic mass is 16.5. The van der Waals surface area contributed by atoms with Crippen LogP contribution in [0.4, 0.5) is 0 Å². The molecule has 2 saturated carbocycles. The van der Waals surface area contributed by atoms with Gasteiger partial charge in [-0.05, 0) is 48.3 Å². The van der Waals surface area contributed by atoms with Crippen LogP contribution in [0.25, 0.3) is 0 Å². The molecule has 0 radical (unpaired) electrons. The van der Waals surface area contributed by atoms with E-state index in [1.54, 1.807) is 0 Å². The third-order valence-corrected chi connectivity index (χ3v) is 5.86. The quantitative estimate of drug-likeness (QED) is 0.654. The van der Waals surface area contributed by atoms with Crippen molar-refractivity contribution in [1.82, 2.24) is 0 Å². The molecule has 2 bridgehead atoms. The van der Waals surface area contributed by atoms with Crippen LogP contribution in [0.1, 0.15) is 52.9 Å². The van der Waals surface area contributed by atoms with E-state index >= 15 is 0 Å². The summed E-state index contributed by atoms with van der Waals surface area (Å²) in [6.07, 6.45) is 7.78. The Morgan fingerprint density at radius 2 is 2.12 bits per heavy atom. The van der Waals surface area contributed by atoms with Crippen LogP contribution in [0.15, 0.2) is 0 Å². The van der Waals surface area contributed by atoms with Gasteiger partial charge in [0.1, 0.15) is 0 Å². The maximum Gasteiger partial charge on any atom is 0.0612 e. The molecule has 0 amide bonds. The third-order valence-electron chi connectivity index (χ3n) is 5.86.